The van der Waals surface area contributed by atoms with E-state index < -0.39 is 11.8 Å². The summed E-state index contributed by atoms with van der Waals surface area (Å²) in [7, 11) is 0. The molecule has 0 saturated carbocycles. The number of rotatable bonds is 7. The largest absolute Gasteiger partial charge is 0.466 e. The fourth-order valence-corrected chi connectivity index (χ4v) is 3.54. The molecular formula is C24H23FN6O3. The molecule has 2 amide bonds. The highest BCUT2D eigenvalue weighted by molar-refractivity contribution is 5.98. The first kappa shape index (κ1) is 22.8. The van der Waals surface area contributed by atoms with Crippen molar-refractivity contribution in [3.8, 4) is 22.4 Å². The molecule has 0 spiro atoms. The minimum absolute atomic E-state index is 0.0866. The van der Waals surface area contributed by atoms with Crippen molar-refractivity contribution in [2.45, 2.75) is 20.3 Å². The number of amides is 2. The van der Waals surface area contributed by atoms with Crippen LogP contribution < -0.4 is 10.6 Å². The minimum atomic E-state index is -0.503. The van der Waals surface area contributed by atoms with Crippen LogP contribution in [0.4, 0.5) is 15.1 Å². The number of nitrogens with one attached hydrogen (secondary N) is 3. The molecule has 4 rings (SSSR count). The van der Waals surface area contributed by atoms with E-state index in [4.69, 9.17) is 4.74 Å². The third-order valence-electron chi connectivity index (χ3n) is 4.95. The second-order valence-electron chi connectivity index (χ2n) is 7.39. The zero-order valence-corrected chi connectivity index (χ0v) is 18.7. The quantitative estimate of drug-likeness (QED) is 0.356. The topological polar surface area (TPSA) is 122 Å². The summed E-state index contributed by atoms with van der Waals surface area (Å²) in [4.78, 5) is 39.8. The van der Waals surface area contributed by atoms with E-state index in [1.807, 2.05) is 12.1 Å². The van der Waals surface area contributed by atoms with Crippen molar-refractivity contribution in [3.63, 3.8) is 0 Å². The number of carbonyl (C=O) groups excluding carboxylic acids is 2. The number of carbonyl (C=O) groups is 2. The number of aromatic amines is 1. The lowest BCUT2D eigenvalue weighted by atomic mass is 9.99. The standard InChI is InChI=1S/C24H23FN6O3/c1-3-27-24(33)31-23-29-19-11-15(16-8-14(12-26-13-16)9-20(32)34-4-2)10-17(22(19)30-23)21-18(25)6-5-7-28-21/h5-8,10-13H,3-4,9H2,1-2H3,(H3,27,29,30,31,33). The number of esters is 1. The number of aromatic nitrogens is 4. The fraction of sp³-hybridized carbons (Fsp3) is 0.208. The van der Waals surface area contributed by atoms with E-state index in [1.54, 1.807) is 32.3 Å². The molecule has 0 aliphatic heterocycles. The highest BCUT2D eigenvalue weighted by atomic mass is 19.1. The molecule has 3 heterocycles. The lowest BCUT2D eigenvalue weighted by Gasteiger charge is -2.09. The summed E-state index contributed by atoms with van der Waals surface area (Å²) in [5, 5.41) is 5.27. The molecule has 0 fully saturated rings. The molecule has 174 valence electrons. The number of fused-ring (bicyclic) bond motifs is 1. The summed E-state index contributed by atoms with van der Waals surface area (Å²) < 4.78 is 19.7. The zero-order valence-electron chi connectivity index (χ0n) is 18.7. The van der Waals surface area contributed by atoms with Crippen LogP contribution in [0.5, 0.6) is 0 Å². The molecule has 0 radical (unpaired) electrons. The molecule has 0 bridgehead atoms. The van der Waals surface area contributed by atoms with Gasteiger partial charge in [-0.25, -0.2) is 14.2 Å². The molecule has 1 aromatic carbocycles. The molecule has 0 aliphatic rings. The van der Waals surface area contributed by atoms with Crippen LogP contribution in [0.25, 0.3) is 33.4 Å². The van der Waals surface area contributed by atoms with Crippen molar-refractivity contribution in [2.24, 2.45) is 0 Å². The summed E-state index contributed by atoms with van der Waals surface area (Å²) in [5.74, 6) is -0.635. The molecule has 9 nitrogen and oxygen atoms in total. The van der Waals surface area contributed by atoms with Gasteiger partial charge in [0.2, 0.25) is 5.95 Å². The molecule has 0 saturated heterocycles. The van der Waals surface area contributed by atoms with Gasteiger partial charge in [-0.2, -0.15) is 0 Å². The maximum Gasteiger partial charge on any atom is 0.321 e. The van der Waals surface area contributed by atoms with E-state index in [-0.39, 0.29) is 24.0 Å². The molecular weight excluding hydrogens is 439 g/mol. The number of imidazole rings is 1. The van der Waals surface area contributed by atoms with E-state index in [9.17, 15) is 14.0 Å². The summed E-state index contributed by atoms with van der Waals surface area (Å²) in [6.45, 7) is 4.31. The molecule has 0 aliphatic carbocycles. The summed E-state index contributed by atoms with van der Waals surface area (Å²) >= 11 is 0. The van der Waals surface area contributed by atoms with Gasteiger partial charge in [0.1, 0.15) is 17.0 Å². The first-order valence-corrected chi connectivity index (χ1v) is 10.8. The molecule has 34 heavy (non-hydrogen) atoms. The number of halogens is 1. The van der Waals surface area contributed by atoms with Gasteiger partial charge in [-0.15, -0.1) is 0 Å². The van der Waals surface area contributed by atoms with Gasteiger partial charge in [-0.05, 0) is 55.3 Å². The number of benzene rings is 1. The number of hydrogen-bond donors (Lipinski definition) is 3. The number of nitrogens with zero attached hydrogens (tertiary/aromatic N) is 3. The molecule has 10 heteroatoms. The molecule has 0 atom stereocenters. The number of anilines is 1. The Kier molecular flexibility index (Phi) is 6.77. The van der Waals surface area contributed by atoms with Gasteiger partial charge in [0, 0.05) is 36.3 Å². The molecule has 4 aromatic rings. The van der Waals surface area contributed by atoms with E-state index >= 15 is 0 Å². The van der Waals surface area contributed by atoms with Gasteiger partial charge in [-0.3, -0.25) is 20.1 Å². The maximum atomic E-state index is 14.7. The van der Waals surface area contributed by atoms with Crippen LogP contribution in [0.1, 0.15) is 19.4 Å². The second kappa shape index (κ2) is 10.1. The van der Waals surface area contributed by atoms with Gasteiger partial charge in [0.15, 0.2) is 0 Å². The number of hydrogen-bond acceptors (Lipinski definition) is 6. The van der Waals surface area contributed by atoms with Crippen molar-refractivity contribution in [3.05, 3.63) is 60.3 Å². The van der Waals surface area contributed by atoms with Crippen molar-refractivity contribution in [2.75, 3.05) is 18.5 Å². The van der Waals surface area contributed by atoms with E-state index in [0.29, 0.717) is 46.4 Å². The third kappa shape index (κ3) is 5.01. The van der Waals surface area contributed by atoms with Crippen molar-refractivity contribution < 1.29 is 18.7 Å². The van der Waals surface area contributed by atoms with Crippen molar-refractivity contribution in [1.29, 1.82) is 0 Å². The lowest BCUT2D eigenvalue weighted by Crippen LogP contribution is -2.28. The van der Waals surface area contributed by atoms with Crippen LogP contribution in [0.15, 0.2) is 48.9 Å². The minimum Gasteiger partial charge on any atom is -0.466 e. The summed E-state index contributed by atoms with van der Waals surface area (Å²) in [6.07, 6.45) is 4.84. The Morgan fingerprint density at radius 1 is 1.15 bits per heavy atom. The number of urea groups is 1. The monoisotopic (exact) mass is 462 g/mol. The van der Waals surface area contributed by atoms with Gasteiger partial charge >= 0.3 is 12.0 Å². The first-order valence-electron chi connectivity index (χ1n) is 10.8. The van der Waals surface area contributed by atoms with Gasteiger partial charge in [0.25, 0.3) is 0 Å². The van der Waals surface area contributed by atoms with Crippen LogP contribution in [-0.2, 0) is 16.0 Å². The number of pyridine rings is 2. The maximum absolute atomic E-state index is 14.7. The zero-order chi connectivity index (χ0) is 24.1. The third-order valence-corrected chi connectivity index (χ3v) is 4.95. The van der Waals surface area contributed by atoms with Crippen LogP contribution in [-0.4, -0.2) is 45.1 Å². The fourth-order valence-electron chi connectivity index (χ4n) is 3.54. The Balaban J connectivity index is 1.81. The summed E-state index contributed by atoms with van der Waals surface area (Å²) in [6, 6.07) is 7.82. The second-order valence-corrected chi connectivity index (χ2v) is 7.39. The molecule has 0 unspecified atom stereocenters. The van der Waals surface area contributed by atoms with Crippen molar-refractivity contribution in [1.82, 2.24) is 25.3 Å². The first-order chi connectivity index (χ1) is 16.5. The summed E-state index contributed by atoms with van der Waals surface area (Å²) in [5.41, 5.74) is 3.70. The Labute approximate surface area is 194 Å². The average molecular weight is 462 g/mol. The SMILES string of the molecule is CCNC(=O)Nc1nc2c(-c3ncccc3F)cc(-c3cncc(CC(=O)OCC)c3)cc2[nH]1. The van der Waals surface area contributed by atoms with Crippen LogP contribution >= 0.6 is 0 Å². The van der Waals surface area contributed by atoms with Crippen LogP contribution in [0, 0.1) is 5.82 Å². The predicted molar refractivity (Wildman–Crippen MR) is 126 cm³/mol. The predicted octanol–water partition coefficient (Wildman–Crippen LogP) is 4.07. The van der Waals surface area contributed by atoms with Crippen LogP contribution in [0.2, 0.25) is 0 Å². The normalized spacial score (nSPS) is 10.8. The smallest absolute Gasteiger partial charge is 0.321 e. The van der Waals surface area contributed by atoms with E-state index in [1.165, 1.54) is 18.3 Å². The lowest BCUT2D eigenvalue weighted by molar-refractivity contribution is -0.142. The van der Waals surface area contributed by atoms with E-state index in [0.717, 1.165) is 0 Å². The average Bonchev–Trinajstić information content (AvgIpc) is 3.21. The van der Waals surface area contributed by atoms with Crippen molar-refractivity contribution >= 4 is 29.0 Å². The Morgan fingerprint density at radius 2 is 2.00 bits per heavy atom. The Hall–Kier alpha value is -4.34. The Morgan fingerprint density at radius 3 is 2.76 bits per heavy atom. The number of ether oxygens (including phenoxy) is 1. The van der Waals surface area contributed by atoms with Gasteiger partial charge < -0.3 is 15.0 Å². The van der Waals surface area contributed by atoms with Crippen LogP contribution in [0.3, 0.4) is 0 Å². The molecule has 3 aromatic heterocycles. The van der Waals surface area contributed by atoms with E-state index in [2.05, 4.69) is 30.6 Å². The van der Waals surface area contributed by atoms with Gasteiger partial charge in [0.05, 0.1) is 18.5 Å². The van der Waals surface area contributed by atoms with Gasteiger partial charge in [-0.1, -0.05) is 0 Å². The Bertz CT molecular complexity index is 1350. The highest BCUT2D eigenvalue weighted by Crippen LogP contribution is 2.34. The highest BCUT2D eigenvalue weighted by Gasteiger charge is 2.17. The number of H-pyrrole nitrogens is 1. The molecule has 3 N–H and O–H groups in total.